The minimum atomic E-state index is -3.33. The predicted molar refractivity (Wildman–Crippen MR) is 86.9 cm³/mol. The van der Waals surface area contributed by atoms with Crippen LogP contribution in [-0.2, 0) is 21.4 Å². The van der Waals surface area contributed by atoms with Gasteiger partial charge in [0.25, 0.3) is 0 Å². The van der Waals surface area contributed by atoms with E-state index in [-0.39, 0.29) is 5.91 Å². The van der Waals surface area contributed by atoms with Gasteiger partial charge in [0.1, 0.15) is 6.04 Å². The average Bonchev–Trinajstić information content (AvgIpc) is 2.94. The van der Waals surface area contributed by atoms with Crippen LogP contribution in [0.5, 0.6) is 0 Å². The van der Waals surface area contributed by atoms with Gasteiger partial charge in [0.15, 0.2) is 0 Å². The van der Waals surface area contributed by atoms with E-state index in [1.54, 1.807) is 0 Å². The highest BCUT2D eigenvalue weighted by molar-refractivity contribution is 7.88. The van der Waals surface area contributed by atoms with Gasteiger partial charge in [-0.05, 0) is 29.9 Å². The molecule has 1 aromatic rings. The highest BCUT2D eigenvalue weighted by Crippen LogP contribution is 2.22. The molecule has 122 valence electrons. The Hall–Kier alpha value is -1.40. The quantitative estimate of drug-likeness (QED) is 0.899. The number of rotatable bonds is 5. The Morgan fingerprint density at radius 1 is 1.36 bits per heavy atom. The van der Waals surface area contributed by atoms with E-state index >= 15 is 0 Å². The molecule has 1 aliphatic rings. The summed E-state index contributed by atoms with van der Waals surface area (Å²) >= 11 is 0. The molecular formula is C16H24N2O3S. The van der Waals surface area contributed by atoms with Gasteiger partial charge in [-0.25, -0.2) is 8.42 Å². The summed E-state index contributed by atoms with van der Waals surface area (Å²) in [7, 11) is -3.33. The van der Waals surface area contributed by atoms with Crippen LogP contribution in [-0.4, -0.2) is 37.5 Å². The fourth-order valence-electron chi connectivity index (χ4n) is 2.96. The van der Waals surface area contributed by atoms with Crippen LogP contribution in [0.2, 0.25) is 0 Å². The molecule has 0 radical (unpaired) electrons. The van der Waals surface area contributed by atoms with Crippen molar-refractivity contribution in [2.45, 2.75) is 45.2 Å². The zero-order valence-corrected chi connectivity index (χ0v) is 14.2. The zero-order valence-electron chi connectivity index (χ0n) is 13.4. The van der Waals surface area contributed by atoms with E-state index in [4.69, 9.17) is 0 Å². The van der Waals surface area contributed by atoms with E-state index in [1.165, 1.54) is 9.87 Å². The SMILES string of the molecule is CC(C)c1ccccc1CNC(=O)C1CCCN1S(C)(=O)=O. The number of carbonyl (C=O) groups is 1. The highest BCUT2D eigenvalue weighted by atomic mass is 32.2. The van der Waals surface area contributed by atoms with Gasteiger partial charge in [0.05, 0.1) is 6.26 Å². The Bertz CT molecular complexity index is 641. The van der Waals surface area contributed by atoms with Gasteiger partial charge in [-0.1, -0.05) is 38.1 Å². The first kappa shape index (κ1) is 17.0. The first-order chi connectivity index (χ1) is 10.3. The number of amides is 1. The van der Waals surface area contributed by atoms with Crippen molar-refractivity contribution >= 4 is 15.9 Å². The third-order valence-electron chi connectivity index (χ3n) is 4.06. The molecule has 0 saturated carbocycles. The van der Waals surface area contributed by atoms with Crippen molar-refractivity contribution in [1.82, 2.24) is 9.62 Å². The molecule has 1 amide bonds. The second-order valence-electron chi connectivity index (χ2n) is 6.10. The van der Waals surface area contributed by atoms with Gasteiger partial charge < -0.3 is 5.32 Å². The number of benzene rings is 1. The van der Waals surface area contributed by atoms with E-state index in [9.17, 15) is 13.2 Å². The van der Waals surface area contributed by atoms with E-state index in [0.29, 0.717) is 25.4 Å². The van der Waals surface area contributed by atoms with Crippen LogP contribution in [0.4, 0.5) is 0 Å². The van der Waals surface area contributed by atoms with Crippen molar-refractivity contribution in [2.75, 3.05) is 12.8 Å². The second kappa shape index (κ2) is 6.79. The Kier molecular flexibility index (Phi) is 5.24. The van der Waals surface area contributed by atoms with Gasteiger partial charge in [-0.2, -0.15) is 4.31 Å². The number of hydrogen-bond donors (Lipinski definition) is 1. The van der Waals surface area contributed by atoms with Crippen molar-refractivity contribution in [3.63, 3.8) is 0 Å². The molecular weight excluding hydrogens is 300 g/mol. The molecule has 1 fully saturated rings. The Morgan fingerprint density at radius 3 is 2.68 bits per heavy atom. The summed E-state index contributed by atoms with van der Waals surface area (Å²) in [6.07, 6.45) is 2.48. The predicted octanol–water partition coefficient (Wildman–Crippen LogP) is 1.85. The molecule has 1 unspecified atom stereocenters. The summed E-state index contributed by atoms with van der Waals surface area (Å²) in [4.78, 5) is 12.3. The minimum absolute atomic E-state index is 0.207. The summed E-state index contributed by atoms with van der Waals surface area (Å²) in [5, 5.41) is 2.89. The number of carbonyl (C=O) groups excluding carboxylic acids is 1. The van der Waals surface area contributed by atoms with Crippen molar-refractivity contribution in [2.24, 2.45) is 0 Å². The minimum Gasteiger partial charge on any atom is -0.351 e. The number of sulfonamides is 1. The van der Waals surface area contributed by atoms with Crippen LogP contribution in [0.1, 0.15) is 43.7 Å². The maximum absolute atomic E-state index is 12.3. The van der Waals surface area contributed by atoms with E-state index in [2.05, 4.69) is 25.2 Å². The third kappa shape index (κ3) is 3.87. The molecule has 1 aromatic carbocycles. The largest absolute Gasteiger partial charge is 0.351 e. The van der Waals surface area contributed by atoms with Crippen LogP contribution in [0.3, 0.4) is 0 Å². The zero-order chi connectivity index (χ0) is 16.3. The van der Waals surface area contributed by atoms with E-state index in [1.807, 2.05) is 18.2 Å². The normalized spacial score (nSPS) is 19.5. The molecule has 1 N–H and O–H groups in total. The molecule has 2 rings (SSSR count). The molecule has 1 heterocycles. The van der Waals surface area contributed by atoms with Gasteiger partial charge in [-0.3, -0.25) is 4.79 Å². The first-order valence-corrected chi connectivity index (χ1v) is 9.48. The summed E-state index contributed by atoms with van der Waals surface area (Å²) in [5.41, 5.74) is 2.28. The monoisotopic (exact) mass is 324 g/mol. The molecule has 1 aliphatic heterocycles. The van der Waals surface area contributed by atoms with Crippen LogP contribution in [0.25, 0.3) is 0 Å². The van der Waals surface area contributed by atoms with Crippen LogP contribution in [0.15, 0.2) is 24.3 Å². The lowest BCUT2D eigenvalue weighted by Gasteiger charge is -2.22. The molecule has 0 bridgehead atoms. The Labute approximate surface area is 132 Å². The molecule has 22 heavy (non-hydrogen) atoms. The summed E-state index contributed by atoms with van der Waals surface area (Å²) in [6, 6.07) is 7.43. The molecule has 5 nitrogen and oxygen atoms in total. The number of hydrogen-bond acceptors (Lipinski definition) is 3. The number of nitrogens with one attached hydrogen (secondary N) is 1. The van der Waals surface area contributed by atoms with Gasteiger partial charge in [-0.15, -0.1) is 0 Å². The molecule has 1 atom stereocenters. The smallest absolute Gasteiger partial charge is 0.238 e. The molecule has 6 heteroatoms. The van der Waals surface area contributed by atoms with Crippen LogP contribution >= 0.6 is 0 Å². The van der Waals surface area contributed by atoms with E-state index < -0.39 is 16.1 Å². The number of nitrogens with zero attached hydrogens (tertiary/aromatic N) is 1. The second-order valence-corrected chi connectivity index (χ2v) is 8.04. The summed E-state index contributed by atoms with van der Waals surface area (Å²) in [6.45, 7) is 5.09. The lowest BCUT2D eigenvalue weighted by atomic mass is 9.97. The fraction of sp³-hybridized carbons (Fsp3) is 0.562. The first-order valence-electron chi connectivity index (χ1n) is 7.63. The van der Waals surface area contributed by atoms with Gasteiger partial charge >= 0.3 is 0 Å². The maximum Gasteiger partial charge on any atom is 0.238 e. The maximum atomic E-state index is 12.3. The third-order valence-corrected chi connectivity index (χ3v) is 5.35. The lowest BCUT2D eigenvalue weighted by molar-refractivity contribution is -0.124. The molecule has 0 aliphatic carbocycles. The van der Waals surface area contributed by atoms with Crippen molar-refractivity contribution in [3.05, 3.63) is 35.4 Å². The average molecular weight is 324 g/mol. The van der Waals surface area contributed by atoms with Crippen LogP contribution in [0, 0.1) is 0 Å². The van der Waals surface area contributed by atoms with Crippen molar-refractivity contribution in [1.29, 1.82) is 0 Å². The Balaban J connectivity index is 2.05. The Morgan fingerprint density at radius 2 is 2.05 bits per heavy atom. The van der Waals surface area contributed by atoms with Crippen molar-refractivity contribution < 1.29 is 13.2 Å². The van der Waals surface area contributed by atoms with Crippen LogP contribution < -0.4 is 5.32 Å². The van der Waals surface area contributed by atoms with E-state index in [0.717, 1.165) is 18.2 Å². The molecule has 0 aromatic heterocycles. The summed E-state index contributed by atoms with van der Waals surface area (Å²) < 4.78 is 24.7. The van der Waals surface area contributed by atoms with Gasteiger partial charge in [0.2, 0.25) is 15.9 Å². The molecule has 1 saturated heterocycles. The summed E-state index contributed by atoms with van der Waals surface area (Å²) in [5.74, 6) is 0.175. The van der Waals surface area contributed by atoms with Gasteiger partial charge in [0, 0.05) is 13.1 Å². The topological polar surface area (TPSA) is 66.5 Å². The highest BCUT2D eigenvalue weighted by Gasteiger charge is 2.36. The standard InChI is InChI=1S/C16H24N2O3S/c1-12(2)14-8-5-4-7-13(14)11-17-16(19)15-9-6-10-18(15)22(3,20)21/h4-5,7-8,12,15H,6,9-11H2,1-3H3,(H,17,19). The molecule has 0 spiro atoms. The lowest BCUT2D eigenvalue weighted by Crippen LogP contribution is -2.45. The van der Waals surface area contributed by atoms with Crippen molar-refractivity contribution in [3.8, 4) is 0 Å². The fourth-order valence-corrected chi connectivity index (χ4v) is 4.08.